The summed E-state index contributed by atoms with van der Waals surface area (Å²) in [5, 5.41) is 13.9. The lowest BCUT2D eigenvalue weighted by atomic mass is 9.95. The quantitative estimate of drug-likeness (QED) is 0.545. The fourth-order valence-corrected chi connectivity index (χ4v) is 1.94. The number of rotatable bonds is 7. The Labute approximate surface area is 127 Å². The third-order valence-electron chi connectivity index (χ3n) is 2.69. The highest BCUT2D eigenvalue weighted by molar-refractivity contribution is 7.90. The molecule has 0 bridgehead atoms. The smallest absolute Gasteiger partial charge is 0.312 e. The number of nitrogens with two attached hydrogens (primary N) is 2. The molecule has 0 radical (unpaired) electrons. The summed E-state index contributed by atoms with van der Waals surface area (Å²) in [6.45, 7) is 2.62. The molecule has 0 unspecified atom stereocenters. The van der Waals surface area contributed by atoms with Crippen molar-refractivity contribution in [2.45, 2.75) is 13.8 Å². The molecular weight excluding hydrogens is 314 g/mol. The third kappa shape index (κ3) is 4.60. The molecule has 22 heavy (non-hydrogen) atoms. The zero-order valence-corrected chi connectivity index (χ0v) is 12.8. The number of benzene rings is 1. The number of ether oxygens (including phenoxy) is 1. The minimum Gasteiger partial charge on any atom is -0.492 e. The van der Waals surface area contributed by atoms with Gasteiger partial charge in [-0.2, -0.15) is 8.42 Å². The van der Waals surface area contributed by atoms with E-state index in [4.69, 9.17) is 20.7 Å². The van der Waals surface area contributed by atoms with Crippen molar-refractivity contribution in [2.24, 2.45) is 16.3 Å². The molecule has 0 atom stereocenters. The van der Waals surface area contributed by atoms with E-state index in [0.29, 0.717) is 0 Å². The van der Waals surface area contributed by atoms with Gasteiger partial charge in [0.2, 0.25) is 0 Å². The van der Waals surface area contributed by atoms with Crippen LogP contribution in [0.1, 0.15) is 24.2 Å². The number of carboxylic acids is 1. The van der Waals surface area contributed by atoms with Crippen LogP contribution in [-0.4, -0.2) is 32.0 Å². The molecule has 10 heteroatoms. The van der Waals surface area contributed by atoms with Gasteiger partial charge in [-0.3, -0.25) is 14.3 Å². The highest BCUT2D eigenvalue weighted by Gasteiger charge is 2.29. The number of hydrogen-bond acceptors (Lipinski definition) is 5. The van der Waals surface area contributed by atoms with Gasteiger partial charge in [-0.15, -0.1) is 0 Å². The van der Waals surface area contributed by atoms with Crippen LogP contribution in [0.15, 0.2) is 18.2 Å². The van der Waals surface area contributed by atoms with Crippen molar-refractivity contribution in [1.82, 2.24) is 0 Å². The Morgan fingerprint density at radius 2 is 1.95 bits per heavy atom. The van der Waals surface area contributed by atoms with Crippen LogP contribution in [0.25, 0.3) is 0 Å². The predicted molar refractivity (Wildman–Crippen MR) is 78.6 cm³/mol. The van der Waals surface area contributed by atoms with Gasteiger partial charge in [0.25, 0.3) is 16.1 Å². The second-order valence-electron chi connectivity index (χ2n) is 5.17. The van der Waals surface area contributed by atoms with E-state index >= 15 is 0 Å². The van der Waals surface area contributed by atoms with Gasteiger partial charge in [0, 0.05) is 0 Å². The minimum atomic E-state index is -4.11. The first-order valence-corrected chi connectivity index (χ1v) is 7.58. The molecule has 9 nitrogen and oxygen atoms in total. The van der Waals surface area contributed by atoms with Crippen molar-refractivity contribution < 1.29 is 27.9 Å². The van der Waals surface area contributed by atoms with Crippen LogP contribution < -0.4 is 20.3 Å². The maximum atomic E-state index is 11.5. The van der Waals surface area contributed by atoms with Crippen molar-refractivity contribution >= 4 is 27.8 Å². The zero-order chi connectivity index (χ0) is 17.1. The lowest BCUT2D eigenvalue weighted by Crippen LogP contribution is -2.31. The first-order chi connectivity index (χ1) is 9.94. The fraction of sp³-hybridized carbons (Fsp3) is 0.333. The summed E-state index contributed by atoms with van der Waals surface area (Å²) < 4.78 is 29.4. The summed E-state index contributed by atoms with van der Waals surface area (Å²) in [6, 6.07) is 4.05. The molecule has 0 fully saturated rings. The van der Waals surface area contributed by atoms with E-state index in [9.17, 15) is 18.0 Å². The summed E-state index contributed by atoms with van der Waals surface area (Å²) in [6.07, 6.45) is 0. The fourth-order valence-electron chi connectivity index (χ4n) is 1.46. The molecule has 0 spiro atoms. The Morgan fingerprint density at radius 1 is 1.36 bits per heavy atom. The molecule has 1 rings (SSSR count). The van der Waals surface area contributed by atoms with E-state index in [1.165, 1.54) is 32.0 Å². The van der Waals surface area contributed by atoms with Crippen molar-refractivity contribution in [3.63, 3.8) is 0 Å². The highest BCUT2D eigenvalue weighted by atomic mass is 32.2. The van der Waals surface area contributed by atoms with Crippen molar-refractivity contribution in [3.8, 4) is 5.75 Å². The SMILES string of the molecule is CC(C)(COc1cccc(NS(N)(=O)=O)c1C(N)=O)C(=O)O. The Kier molecular flexibility index (Phi) is 4.99. The second kappa shape index (κ2) is 6.20. The molecule has 1 aromatic carbocycles. The molecule has 0 saturated carbocycles. The van der Waals surface area contributed by atoms with Gasteiger partial charge in [0.15, 0.2) is 0 Å². The average molecular weight is 331 g/mol. The zero-order valence-electron chi connectivity index (χ0n) is 12.0. The van der Waals surface area contributed by atoms with E-state index < -0.39 is 27.5 Å². The van der Waals surface area contributed by atoms with Crippen LogP contribution in [0.3, 0.4) is 0 Å². The molecule has 1 amide bonds. The van der Waals surface area contributed by atoms with Crippen molar-refractivity contribution in [2.75, 3.05) is 11.3 Å². The summed E-state index contributed by atoms with van der Waals surface area (Å²) in [7, 11) is -4.11. The van der Waals surface area contributed by atoms with Gasteiger partial charge >= 0.3 is 5.97 Å². The number of amides is 1. The predicted octanol–water partition coefficient (Wildman–Crippen LogP) is -0.109. The van der Waals surface area contributed by atoms with Gasteiger partial charge in [0.05, 0.1) is 11.1 Å². The van der Waals surface area contributed by atoms with E-state index in [1.807, 2.05) is 4.72 Å². The lowest BCUT2D eigenvalue weighted by Gasteiger charge is -2.21. The lowest BCUT2D eigenvalue weighted by molar-refractivity contribution is -0.148. The van der Waals surface area contributed by atoms with Crippen LogP contribution in [0.4, 0.5) is 5.69 Å². The van der Waals surface area contributed by atoms with E-state index in [-0.39, 0.29) is 23.6 Å². The molecule has 0 heterocycles. The molecule has 0 aliphatic heterocycles. The molecule has 0 saturated heterocycles. The van der Waals surface area contributed by atoms with Gasteiger partial charge in [-0.05, 0) is 26.0 Å². The van der Waals surface area contributed by atoms with E-state index in [1.54, 1.807) is 0 Å². The van der Waals surface area contributed by atoms with E-state index in [2.05, 4.69) is 0 Å². The Bertz CT molecular complexity index is 699. The number of primary amides is 1. The number of carbonyl (C=O) groups excluding carboxylic acids is 1. The number of carbonyl (C=O) groups is 2. The topological polar surface area (TPSA) is 162 Å². The first kappa shape index (κ1) is 17.7. The van der Waals surface area contributed by atoms with Crippen molar-refractivity contribution in [3.05, 3.63) is 23.8 Å². The average Bonchev–Trinajstić information content (AvgIpc) is 2.33. The molecule has 0 aliphatic rings. The maximum absolute atomic E-state index is 11.5. The third-order valence-corrected chi connectivity index (χ3v) is 3.20. The largest absolute Gasteiger partial charge is 0.492 e. The summed E-state index contributed by atoms with van der Waals surface area (Å²) in [5.74, 6) is -2.09. The van der Waals surface area contributed by atoms with Crippen LogP contribution >= 0.6 is 0 Å². The van der Waals surface area contributed by atoms with E-state index in [0.717, 1.165) is 0 Å². The Hall–Kier alpha value is -2.33. The molecule has 122 valence electrons. The Balaban J connectivity index is 3.18. The molecule has 1 aromatic rings. The van der Waals surface area contributed by atoms with Crippen LogP contribution in [0.5, 0.6) is 5.75 Å². The van der Waals surface area contributed by atoms with Crippen LogP contribution in [-0.2, 0) is 15.0 Å². The highest BCUT2D eigenvalue weighted by Crippen LogP contribution is 2.28. The summed E-state index contributed by atoms with van der Waals surface area (Å²) in [5.41, 5.74) is 3.62. The molecule has 0 aromatic heterocycles. The number of anilines is 1. The maximum Gasteiger partial charge on any atom is 0.312 e. The molecular formula is C12H17N3O6S. The van der Waals surface area contributed by atoms with Crippen LogP contribution in [0.2, 0.25) is 0 Å². The van der Waals surface area contributed by atoms with Gasteiger partial charge < -0.3 is 15.6 Å². The minimum absolute atomic E-state index is 0.0459. The van der Waals surface area contributed by atoms with Gasteiger partial charge in [-0.1, -0.05) is 6.07 Å². The van der Waals surface area contributed by atoms with Crippen LogP contribution in [0, 0.1) is 5.41 Å². The molecule has 6 N–H and O–H groups in total. The number of hydrogen-bond donors (Lipinski definition) is 4. The van der Waals surface area contributed by atoms with Gasteiger partial charge in [0.1, 0.15) is 17.9 Å². The second-order valence-corrected chi connectivity index (χ2v) is 6.46. The monoisotopic (exact) mass is 331 g/mol. The summed E-state index contributed by atoms with van der Waals surface area (Å²) >= 11 is 0. The van der Waals surface area contributed by atoms with Gasteiger partial charge in [-0.25, -0.2) is 5.14 Å². The number of aliphatic carboxylic acids is 1. The summed E-state index contributed by atoms with van der Waals surface area (Å²) in [4.78, 5) is 22.6. The number of nitrogens with one attached hydrogen (secondary N) is 1. The number of carboxylic acid groups (broad SMARTS) is 1. The normalized spacial score (nSPS) is 11.8. The first-order valence-electron chi connectivity index (χ1n) is 6.03. The van der Waals surface area contributed by atoms with Crippen molar-refractivity contribution in [1.29, 1.82) is 0 Å². The molecule has 0 aliphatic carbocycles. The standard InChI is InChI=1S/C12H17N3O6S/c1-12(2,11(17)18)6-21-8-5-3-4-7(9(8)10(13)16)15-22(14,19)20/h3-5,15H,6H2,1-2H3,(H2,13,16)(H,17,18)(H2,14,19,20). The Morgan fingerprint density at radius 3 is 2.41 bits per heavy atom.